The smallest absolute Gasteiger partial charge is 0.264 e. The zero-order valence-electron chi connectivity index (χ0n) is 17.9. The Balaban J connectivity index is 1.81. The summed E-state index contributed by atoms with van der Waals surface area (Å²) in [6.45, 7) is 3.38. The van der Waals surface area contributed by atoms with Crippen LogP contribution in [-0.2, 0) is 14.8 Å². The van der Waals surface area contributed by atoms with Crippen LogP contribution in [0.15, 0.2) is 95.4 Å². The lowest BCUT2D eigenvalue weighted by Crippen LogP contribution is -2.39. The average molecular weight is 518 g/mol. The Morgan fingerprint density at radius 3 is 2.53 bits per heavy atom. The highest BCUT2D eigenvalue weighted by Crippen LogP contribution is 2.35. The molecule has 1 N–H and O–H groups in total. The second-order valence-electron chi connectivity index (χ2n) is 6.86. The number of hydrogen-bond acceptors (Lipinski definition) is 5. The van der Waals surface area contributed by atoms with Crippen molar-refractivity contribution in [3.05, 3.63) is 101 Å². The van der Waals surface area contributed by atoms with Crippen LogP contribution < -0.4 is 14.5 Å². The Morgan fingerprint density at radius 1 is 1.06 bits per heavy atom. The molecule has 3 aromatic rings. The van der Waals surface area contributed by atoms with Gasteiger partial charge >= 0.3 is 0 Å². The van der Waals surface area contributed by atoms with E-state index in [1.54, 1.807) is 54.6 Å². The van der Waals surface area contributed by atoms with E-state index in [4.69, 9.17) is 27.9 Å². The predicted octanol–water partition coefficient (Wildman–Crippen LogP) is 4.90. The van der Waals surface area contributed by atoms with E-state index in [1.807, 2.05) is 0 Å². The molecule has 1 amide bonds. The highest BCUT2D eigenvalue weighted by molar-refractivity contribution is 7.92. The summed E-state index contributed by atoms with van der Waals surface area (Å²) in [6, 6.07) is 19.3. The highest BCUT2D eigenvalue weighted by Gasteiger charge is 2.29. The fourth-order valence-electron chi connectivity index (χ4n) is 2.89. The van der Waals surface area contributed by atoms with Crippen LogP contribution in [0.25, 0.3) is 0 Å². The number of halogens is 2. The lowest BCUT2D eigenvalue weighted by molar-refractivity contribution is -0.119. The summed E-state index contributed by atoms with van der Waals surface area (Å²) in [7, 11) is -4.13. The highest BCUT2D eigenvalue weighted by atomic mass is 35.5. The fraction of sp³-hybridized carbons (Fsp3) is 0.0833. The lowest BCUT2D eigenvalue weighted by atomic mass is 10.2. The van der Waals surface area contributed by atoms with Gasteiger partial charge in [-0.25, -0.2) is 13.8 Å². The van der Waals surface area contributed by atoms with Gasteiger partial charge in [-0.2, -0.15) is 5.10 Å². The van der Waals surface area contributed by atoms with Gasteiger partial charge in [0.05, 0.1) is 26.8 Å². The quantitative estimate of drug-likeness (QED) is 0.235. The van der Waals surface area contributed by atoms with Crippen molar-refractivity contribution in [3.8, 4) is 5.75 Å². The molecule has 0 aliphatic rings. The Morgan fingerprint density at radius 2 is 1.79 bits per heavy atom. The maximum absolute atomic E-state index is 13.3. The molecule has 3 rings (SSSR count). The summed E-state index contributed by atoms with van der Waals surface area (Å²) in [4.78, 5) is 12.7. The summed E-state index contributed by atoms with van der Waals surface area (Å²) in [6.07, 6.45) is 3.05. The van der Waals surface area contributed by atoms with Crippen LogP contribution in [0.1, 0.15) is 5.56 Å². The molecule has 7 nitrogen and oxygen atoms in total. The van der Waals surface area contributed by atoms with Gasteiger partial charge in [-0.05, 0) is 42.0 Å². The number of carbonyl (C=O) groups excluding carboxylic acids is 1. The van der Waals surface area contributed by atoms with E-state index >= 15 is 0 Å². The van der Waals surface area contributed by atoms with Crippen molar-refractivity contribution in [2.24, 2.45) is 5.10 Å². The second kappa shape index (κ2) is 11.7. The van der Waals surface area contributed by atoms with Gasteiger partial charge < -0.3 is 4.74 Å². The monoisotopic (exact) mass is 517 g/mol. The maximum atomic E-state index is 13.3. The summed E-state index contributed by atoms with van der Waals surface area (Å²) in [5.74, 6) is -0.0586. The minimum atomic E-state index is -4.13. The molecule has 0 atom stereocenters. The van der Waals surface area contributed by atoms with Crippen LogP contribution in [0, 0.1) is 0 Å². The first-order valence-corrected chi connectivity index (χ1v) is 12.2. The molecule has 0 saturated heterocycles. The molecular weight excluding hydrogens is 497 g/mol. The molecule has 0 saturated carbocycles. The van der Waals surface area contributed by atoms with Crippen LogP contribution >= 0.6 is 23.2 Å². The third-order valence-corrected chi connectivity index (χ3v) is 7.03. The molecule has 0 aliphatic carbocycles. The Kier molecular flexibility index (Phi) is 8.70. The number of hydrogen-bond donors (Lipinski definition) is 1. The van der Waals surface area contributed by atoms with Gasteiger partial charge in [0, 0.05) is 0 Å². The number of amides is 1. The minimum Gasteiger partial charge on any atom is -0.490 e. The first kappa shape index (κ1) is 25.3. The fourth-order valence-corrected chi connectivity index (χ4v) is 4.79. The molecule has 0 spiro atoms. The van der Waals surface area contributed by atoms with E-state index < -0.39 is 22.5 Å². The van der Waals surface area contributed by atoms with Crippen LogP contribution in [0.2, 0.25) is 10.0 Å². The number of ether oxygens (including phenoxy) is 1. The molecule has 34 heavy (non-hydrogen) atoms. The third kappa shape index (κ3) is 6.38. The first-order chi connectivity index (χ1) is 16.3. The van der Waals surface area contributed by atoms with E-state index in [0.29, 0.717) is 17.9 Å². The van der Waals surface area contributed by atoms with E-state index in [2.05, 4.69) is 17.1 Å². The zero-order valence-corrected chi connectivity index (χ0v) is 20.2. The molecular formula is C24H21Cl2N3O4S. The number of rotatable bonds is 10. The van der Waals surface area contributed by atoms with Gasteiger partial charge in [0.15, 0.2) is 0 Å². The van der Waals surface area contributed by atoms with Crippen molar-refractivity contribution in [2.75, 3.05) is 17.5 Å². The number of anilines is 1. The van der Waals surface area contributed by atoms with Gasteiger partial charge in [0.25, 0.3) is 15.9 Å². The minimum absolute atomic E-state index is 0.00122. The van der Waals surface area contributed by atoms with Gasteiger partial charge in [0.1, 0.15) is 18.9 Å². The van der Waals surface area contributed by atoms with Crippen molar-refractivity contribution < 1.29 is 17.9 Å². The molecule has 3 aromatic carbocycles. The Bertz CT molecular complexity index is 1300. The van der Waals surface area contributed by atoms with Crippen molar-refractivity contribution in [1.82, 2.24) is 5.43 Å². The molecule has 0 bridgehead atoms. The molecule has 0 radical (unpaired) electrons. The van der Waals surface area contributed by atoms with Gasteiger partial charge in [-0.1, -0.05) is 72.3 Å². The van der Waals surface area contributed by atoms with E-state index in [9.17, 15) is 13.2 Å². The Hall–Kier alpha value is -3.33. The first-order valence-electron chi connectivity index (χ1n) is 10.0. The molecule has 176 valence electrons. The second-order valence-corrected chi connectivity index (χ2v) is 9.51. The van der Waals surface area contributed by atoms with Gasteiger partial charge in [-0.3, -0.25) is 9.10 Å². The van der Waals surface area contributed by atoms with E-state index in [-0.39, 0.29) is 20.6 Å². The van der Waals surface area contributed by atoms with E-state index in [1.165, 1.54) is 30.5 Å². The molecule has 0 heterocycles. The molecule has 0 aliphatic heterocycles. The Labute approximate surface area is 208 Å². The van der Waals surface area contributed by atoms with Crippen LogP contribution in [0.4, 0.5) is 5.69 Å². The molecule has 0 aromatic heterocycles. The summed E-state index contributed by atoms with van der Waals surface area (Å²) in [5.41, 5.74) is 3.09. The van der Waals surface area contributed by atoms with Crippen LogP contribution in [0.3, 0.4) is 0 Å². The zero-order chi connectivity index (χ0) is 24.6. The molecule has 10 heteroatoms. The maximum Gasteiger partial charge on any atom is 0.264 e. The SMILES string of the molecule is C=CCOc1cccc(C=NNC(=O)CN(c2cccc(Cl)c2Cl)S(=O)(=O)c2ccccc2)c1. The number of carbonyl (C=O) groups is 1. The van der Waals surface area contributed by atoms with Crippen molar-refractivity contribution in [1.29, 1.82) is 0 Å². The summed E-state index contributed by atoms with van der Waals surface area (Å²) >= 11 is 12.4. The standard InChI is InChI=1S/C24H21Cl2N3O4S/c1-2-14-33-19-9-6-8-18(15-19)16-27-28-23(30)17-29(22-13-7-12-21(25)24(22)26)34(31,32)20-10-4-3-5-11-20/h2-13,15-16H,1,14,17H2,(H,28,30). The summed E-state index contributed by atoms with van der Waals surface area (Å²) in [5, 5.41) is 4.09. The normalized spacial score (nSPS) is 11.2. The van der Waals surface area contributed by atoms with Gasteiger partial charge in [0.2, 0.25) is 0 Å². The topological polar surface area (TPSA) is 88.1 Å². The largest absolute Gasteiger partial charge is 0.490 e. The average Bonchev–Trinajstić information content (AvgIpc) is 2.84. The number of benzene rings is 3. The number of sulfonamides is 1. The van der Waals surface area contributed by atoms with Gasteiger partial charge in [-0.15, -0.1) is 0 Å². The van der Waals surface area contributed by atoms with Crippen LogP contribution in [0.5, 0.6) is 5.75 Å². The number of nitrogens with zero attached hydrogens (tertiary/aromatic N) is 2. The van der Waals surface area contributed by atoms with E-state index in [0.717, 1.165) is 4.31 Å². The van der Waals surface area contributed by atoms with Crippen molar-refractivity contribution in [3.63, 3.8) is 0 Å². The molecule has 0 fully saturated rings. The third-order valence-electron chi connectivity index (χ3n) is 4.45. The number of nitrogens with one attached hydrogen (secondary N) is 1. The molecule has 0 unspecified atom stereocenters. The van der Waals surface area contributed by atoms with Crippen molar-refractivity contribution >= 4 is 51.0 Å². The number of hydrazone groups is 1. The lowest BCUT2D eigenvalue weighted by Gasteiger charge is -2.24. The van der Waals surface area contributed by atoms with Crippen LogP contribution in [-0.4, -0.2) is 33.7 Å². The predicted molar refractivity (Wildman–Crippen MR) is 135 cm³/mol. The van der Waals surface area contributed by atoms with Crippen molar-refractivity contribution in [2.45, 2.75) is 4.90 Å². The summed E-state index contributed by atoms with van der Waals surface area (Å²) < 4.78 is 33.0.